The van der Waals surface area contributed by atoms with E-state index in [1.165, 1.54) is 12.8 Å². The van der Waals surface area contributed by atoms with Crippen molar-refractivity contribution >= 4 is 5.95 Å². The van der Waals surface area contributed by atoms with Crippen molar-refractivity contribution in [3.63, 3.8) is 0 Å². The number of hydrogen-bond acceptors (Lipinski definition) is 6. The molecular weight excluding hydrogens is 230 g/mol. The molecule has 1 fully saturated rings. The molecule has 0 aliphatic carbocycles. The van der Waals surface area contributed by atoms with Crippen molar-refractivity contribution in [3.8, 4) is 11.6 Å². The molecule has 0 aromatic carbocycles. The monoisotopic (exact) mass is 245 g/mol. The molecule has 94 valence electrons. The summed E-state index contributed by atoms with van der Waals surface area (Å²) in [4.78, 5) is 10.8. The third-order valence-corrected chi connectivity index (χ3v) is 3.08. The van der Waals surface area contributed by atoms with Crippen LogP contribution < -0.4 is 10.6 Å². The SMILES string of the molecule is NCc1ccc(-c2nc(N3CCCC3)no2)nc1. The van der Waals surface area contributed by atoms with Gasteiger partial charge < -0.3 is 15.2 Å². The van der Waals surface area contributed by atoms with Crippen molar-refractivity contribution in [1.82, 2.24) is 15.1 Å². The molecule has 0 saturated carbocycles. The number of pyridine rings is 1. The van der Waals surface area contributed by atoms with Crippen LogP contribution in [0.4, 0.5) is 5.95 Å². The summed E-state index contributed by atoms with van der Waals surface area (Å²) in [5.74, 6) is 1.12. The van der Waals surface area contributed by atoms with Crippen molar-refractivity contribution in [2.45, 2.75) is 19.4 Å². The van der Waals surface area contributed by atoms with Crippen molar-refractivity contribution in [2.75, 3.05) is 18.0 Å². The number of hydrogen-bond donors (Lipinski definition) is 1. The molecule has 6 nitrogen and oxygen atoms in total. The average Bonchev–Trinajstić information content (AvgIpc) is 3.09. The van der Waals surface area contributed by atoms with Gasteiger partial charge in [-0.25, -0.2) is 0 Å². The zero-order valence-corrected chi connectivity index (χ0v) is 10.0. The van der Waals surface area contributed by atoms with Crippen LogP contribution in [-0.4, -0.2) is 28.2 Å². The first-order chi connectivity index (χ1) is 8.86. The second-order valence-electron chi connectivity index (χ2n) is 4.35. The molecule has 0 spiro atoms. The second-order valence-corrected chi connectivity index (χ2v) is 4.35. The molecule has 3 rings (SSSR count). The molecular formula is C12H15N5O. The van der Waals surface area contributed by atoms with Gasteiger partial charge in [-0.05, 0) is 29.6 Å². The number of nitrogens with zero attached hydrogens (tertiary/aromatic N) is 4. The topological polar surface area (TPSA) is 81.1 Å². The molecule has 0 radical (unpaired) electrons. The molecule has 3 heterocycles. The van der Waals surface area contributed by atoms with Gasteiger partial charge in [0, 0.05) is 25.8 Å². The van der Waals surface area contributed by atoms with Crippen molar-refractivity contribution in [2.24, 2.45) is 5.73 Å². The van der Waals surface area contributed by atoms with Gasteiger partial charge >= 0.3 is 0 Å². The van der Waals surface area contributed by atoms with E-state index in [1.807, 2.05) is 12.1 Å². The number of rotatable bonds is 3. The van der Waals surface area contributed by atoms with Gasteiger partial charge in [0.2, 0.25) is 0 Å². The fourth-order valence-electron chi connectivity index (χ4n) is 2.04. The van der Waals surface area contributed by atoms with E-state index < -0.39 is 0 Å². The van der Waals surface area contributed by atoms with Gasteiger partial charge in [-0.1, -0.05) is 6.07 Å². The summed E-state index contributed by atoms with van der Waals surface area (Å²) >= 11 is 0. The Kier molecular flexibility index (Phi) is 2.93. The lowest BCUT2D eigenvalue weighted by molar-refractivity contribution is 0.428. The van der Waals surface area contributed by atoms with E-state index in [9.17, 15) is 0 Å². The molecule has 2 N–H and O–H groups in total. The molecule has 0 unspecified atom stereocenters. The van der Waals surface area contributed by atoms with Crippen LogP contribution in [0.5, 0.6) is 0 Å². The molecule has 18 heavy (non-hydrogen) atoms. The lowest BCUT2D eigenvalue weighted by atomic mass is 10.2. The zero-order chi connectivity index (χ0) is 12.4. The smallest absolute Gasteiger partial charge is 0.278 e. The highest BCUT2D eigenvalue weighted by Gasteiger charge is 2.18. The van der Waals surface area contributed by atoms with Crippen molar-refractivity contribution in [3.05, 3.63) is 23.9 Å². The van der Waals surface area contributed by atoms with Gasteiger partial charge in [0.1, 0.15) is 5.69 Å². The maximum absolute atomic E-state index is 5.53. The Bertz CT molecular complexity index is 516. The normalized spacial score (nSPS) is 15.3. The standard InChI is InChI=1S/C12H15N5O/c13-7-9-3-4-10(14-8-9)11-15-12(16-18-11)17-5-1-2-6-17/h3-4,8H,1-2,5-7,13H2. The van der Waals surface area contributed by atoms with Crippen LogP contribution in [0.1, 0.15) is 18.4 Å². The fraction of sp³-hybridized carbons (Fsp3) is 0.417. The zero-order valence-electron chi connectivity index (χ0n) is 10.0. The molecule has 6 heteroatoms. The summed E-state index contributed by atoms with van der Waals surface area (Å²) in [6.45, 7) is 2.48. The van der Waals surface area contributed by atoms with Crippen molar-refractivity contribution < 1.29 is 4.52 Å². The van der Waals surface area contributed by atoms with Crippen LogP contribution in [0.25, 0.3) is 11.6 Å². The summed E-state index contributed by atoms with van der Waals surface area (Å²) in [5, 5.41) is 3.99. The molecule has 2 aromatic rings. The first-order valence-corrected chi connectivity index (χ1v) is 6.11. The maximum atomic E-state index is 5.53. The predicted octanol–water partition coefficient (Wildman–Crippen LogP) is 1.19. The first-order valence-electron chi connectivity index (χ1n) is 6.11. The second kappa shape index (κ2) is 4.73. The third kappa shape index (κ3) is 2.06. The molecule has 1 aliphatic heterocycles. The Labute approximate surface area is 105 Å². The fourth-order valence-corrected chi connectivity index (χ4v) is 2.04. The molecule has 1 aliphatic rings. The Morgan fingerprint density at radius 2 is 2.11 bits per heavy atom. The van der Waals surface area contributed by atoms with E-state index in [2.05, 4.69) is 20.0 Å². The van der Waals surface area contributed by atoms with Crippen LogP contribution in [0.2, 0.25) is 0 Å². The number of anilines is 1. The predicted molar refractivity (Wildman–Crippen MR) is 66.9 cm³/mol. The highest BCUT2D eigenvalue weighted by molar-refractivity contribution is 5.49. The van der Waals surface area contributed by atoms with Gasteiger partial charge in [0.25, 0.3) is 11.8 Å². The van der Waals surface area contributed by atoms with E-state index in [4.69, 9.17) is 10.3 Å². The third-order valence-electron chi connectivity index (χ3n) is 3.08. The van der Waals surface area contributed by atoms with Gasteiger partial charge in [-0.15, -0.1) is 0 Å². The van der Waals surface area contributed by atoms with Gasteiger partial charge in [0.15, 0.2) is 0 Å². The van der Waals surface area contributed by atoms with Crippen LogP contribution in [0.15, 0.2) is 22.9 Å². The van der Waals surface area contributed by atoms with E-state index in [1.54, 1.807) is 6.20 Å². The molecule has 0 atom stereocenters. The Morgan fingerprint density at radius 1 is 1.28 bits per heavy atom. The maximum Gasteiger partial charge on any atom is 0.278 e. The minimum Gasteiger partial charge on any atom is -0.338 e. The first kappa shape index (κ1) is 11.2. The lowest BCUT2D eigenvalue weighted by Gasteiger charge is -2.09. The Morgan fingerprint density at radius 3 is 2.78 bits per heavy atom. The van der Waals surface area contributed by atoms with E-state index in [0.717, 1.165) is 18.7 Å². The molecule has 0 bridgehead atoms. The van der Waals surface area contributed by atoms with Crippen LogP contribution in [0.3, 0.4) is 0 Å². The Balaban J connectivity index is 1.82. The average molecular weight is 245 g/mol. The molecule has 2 aromatic heterocycles. The largest absolute Gasteiger partial charge is 0.338 e. The summed E-state index contributed by atoms with van der Waals surface area (Å²) in [6, 6.07) is 3.77. The Hall–Kier alpha value is -1.95. The summed E-state index contributed by atoms with van der Waals surface area (Å²) < 4.78 is 5.24. The quantitative estimate of drug-likeness (QED) is 0.874. The van der Waals surface area contributed by atoms with Gasteiger partial charge in [0.05, 0.1) is 0 Å². The van der Waals surface area contributed by atoms with Crippen LogP contribution in [-0.2, 0) is 6.54 Å². The minimum atomic E-state index is 0.459. The summed E-state index contributed by atoms with van der Waals surface area (Å²) in [6.07, 6.45) is 4.11. The van der Waals surface area contributed by atoms with Crippen molar-refractivity contribution in [1.29, 1.82) is 0 Å². The highest BCUT2D eigenvalue weighted by Crippen LogP contribution is 2.21. The minimum absolute atomic E-state index is 0.459. The summed E-state index contributed by atoms with van der Waals surface area (Å²) in [7, 11) is 0. The van der Waals surface area contributed by atoms with Gasteiger partial charge in [-0.2, -0.15) is 4.98 Å². The summed E-state index contributed by atoms with van der Waals surface area (Å²) in [5.41, 5.74) is 7.20. The molecule has 0 amide bonds. The number of aromatic nitrogens is 3. The van der Waals surface area contributed by atoms with Crippen LogP contribution in [0, 0.1) is 0 Å². The number of nitrogens with two attached hydrogens (primary N) is 1. The van der Waals surface area contributed by atoms with Crippen LogP contribution >= 0.6 is 0 Å². The van der Waals surface area contributed by atoms with E-state index in [-0.39, 0.29) is 0 Å². The van der Waals surface area contributed by atoms with E-state index in [0.29, 0.717) is 24.1 Å². The molecule has 1 saturated heterocycles. The lowest BCUT2D eigenvalue weighted by Crippen LogP contribution is -2.18. The van der Waals surface area contributed by atoms with E-state index >= 15 is 0 Å². The highest BCUT2D eigenvalue weighted by atomic mass is 16.5. The van der Waals surface area contributed by atoms with Gasteiger partial charge in [-0.3, -0.25) is 4.98 Å².